The molecule has 0 aromatic heterocycles. The van der Waals surface area contributed by atoms with E-state index in [1.165, 1.54) is 52.0 Å². The number of halogens is 1. The maximum absolute atomic E-state index is 6.22. The van der Waals surface area contributed by atoms with Crippen LogP contribution in [0.5, 0.6) is 0 Å². The number of likely N-dealkylation sites (N-methyl/N-ethyl adjacent to an activating group) is 1. The number of hydrogen-bond acceptors (Lipinski definition) is 2. The van der Waals surface area contributed by atoms with Gasteiger partial charge in [0.1, 0.15) is 0 Å². The van der Waals surface area contributed by atoms with Crippen LogP contribution in [0.1, 0.15) is 26.2 Å². The van der Waals surface area contributed by atoms with Crippen LogP contribution in [0.25, 0.3) is 0 Å². The first-order valence-electron chi connectivity index (χ1n) is 6.70. The largest absolute Gasteiger partial charge is 0.304 e. The van der Waals surface area contributed by atoms with Crippen LogP contribution in [-0.2, 0) is 0 Å². The predicted molar refractivity (Wildman–Crippen MR) is 70.1 cm³/mol. The second kappa shape index (κ2) is 5.70. The van der Waals surface area contributed by atoms with Gasteiger partial charge in [-0.25, -0.2) is 0 Å². The minimum Gasteiger partial charge on any atom is -0.304 e. The third-order valence-corrected chi connectivity index (χ3v) is 4.77. The highest BCUT2D eigenvalue weighted by molar-refractivity contribution is 6.20. The molecule has 1 heterocycles. The number of rotatable bonds is 2. The number of alkyl halides is 1. The standard InChI is InChI=1S/C13H25ClN2/c1-11-9-13(14)4-3-12(11)10-16-7-5-15(2)6-8-16/h11-13H,3-10H2,1-2H3. The molecule has 16 heavy (non-hydrogen) atoms. The van der Waals surface area contributed by atoms with Crippen molar-refractivity contribution in [2.75, 3.05) is 39.8 Å². The van der Waals surface area contributed by atoms with Crippen LogP contribution >= 0.6 is 11.6 Å². The Hall–Kier alpha value is 0.210. The lowest BCUT2D eigenvalue weighted by molar-refractivity contribution is 0.108. The van der Waals surface area contributed by atoms with Crippen molar-refractivity contribution in [1.82, 2.24) is 9.80 Å². The molecule has 0 aromatic carbocycles. The van der Waals surface area contributed by atoms with E-state index in [1.807, 2.05) is 0 Å². The van der Waals surface area contributed by atoms with Crippen LogP contribution in [-0.4, -0.2) is 54.9 Å². The fourth-order valence-electron chi connectivity index (χ4n) is 3.03. The highest BCUT2D eigenvalue weighted by Crippen LogP contribution is 2.33. The second-order valence-electron chi connectivity index (χ2n) is 5.75. The van der Waals surface area contributed by atoms with Gasteiger partial charge in [0.05, 0.1) is 0 Å². The van der Waals surface area contributed by atoms with Crippen molar-refractivity contribution in [3.05, 3.63) is 0 Å². The minimum atomic E-state index is 0.443. The number of piperazine rings is 1. The van der Waals surface area contributed by atoms with Crippen molar-refractivity contribution < 1.29 is 0 Å². The van der Waals surface area contributed by atoms with Crippen LogP contribution in [0, 0.1) is 11.8 Å². The fraction of sp³-hybridized carbons (Fsp3) is 1.00. The van der Waals surface area contributed by atoms with E-state index in [1.54, 1.807) is 0 Å². The third-order valence-electron chi connectivity index (χ3n) is 4.37. The molecule has 0 bridgehead atoms. The lowest BCUT2D eigenvalue weighted by atomic mass is 9.80. The van der Waals surface area contributed by atoms with Gasteiger partial charge in [0, 0.05) is 38.1 Å². The van der Waals surface area contributed by atoms with Gasteiger partial charge in [0.25, 0.3) is 0 Å². The average molecular weight is 245 g/mol. The molecule has 0 N–H and O–H groups in total. The lowest BCUT2D eigenvalue weighted by Gasteiger charge is -2.38. The summed E-state index contributed by atoms with van der Waals surface area (Å²) < 4.78 is 0. The molecule has 0 spiro atoms. The summed E-state index contributed by atoms with van der Waals surface area (Å²) >= 11 is 6.22. The van der Waals surface area contributed by atoms with Gasteiger partial charge in [-0.2, -0.15) is 0 Å². The molecule has 3 heteroatoms. The van der Waals surface area contributed by atoms with Crippen molar-refractivity contribution in [2.45, 2.75) is 31.6 Å². The SMILES string of the molecule is CC1CC(Cl)CCC1CN1CCN(C)CC1. The molecule has 1 saturated carbocycles. The topological polar surface area (TPSA) is 6.48 Å². The van der Waals surface area contributed by atoms with Gasteiger partial charge in [-0.05, 0) is 38.1 Å². The van der Waals surface area contributed by atoms with Gasteiger partial charge in [-0.1, -0.05) is 6.92 Å². The molecular formula is C13H25ClN2. The zero-order valence-electron chi connectivity index (χ0n) is 10.7. The molecule has 1 saturated heterocycles. The summed E-state index contributed by atoms with van der Waals surface area (Å²) in [5, 5.41) is 0.443. The Kier molecular flexibility index (Phi) is 4.51. The number of hydrogen-bond donors (Lipinski definition) is 0. The minimum absolute atomic E-state index is 0.443. The molecule has 0 amide bonds. The Morgan fingerprint density at radius 3 is 2.44 bits per heavy atom. The van der Waals surface area contributed by atoms with Gasteiger partial charge >= 0.3 is 0 Å². The molecule has 2 rings (SSSR count). The predicted octanol–water partition coefficient (Wildman–Crippen LogP) is 2.28. The van der Waals surface area contributed by atoms with Gasteiger partial charge in [0.15, 0.2) is 0 Å². The summed E-state index contributed by atoms with van der Waals surface area (Å²) in [7, 11) is 2.22. The molecule has 2 aliphatic rings. The maximum Gasteiger partial charge on any atom is 0.0338 e. The maximum atomic E-state index is 6.22. The van der Waals surface area contributed by atoms with Crippen LogP contribution in [0.2, 0.25) is 0 Å². The Morgan fingerprint density at radius 2 is 1.81 bits per heavy atom. The van der Waals surface area contributed by atoms with E-state index in [-0.39, 0.29) is 0 Å². The Bertz CT molecular complexity index is 214. The Balaban J connectivity index is 1.76. The fourth-order valence-corrected chi connectivity index (χ4v) is 3.43. The van der Waals surface area contributed by atoms with Crippen molar-refractivity contribution >= 4 is 11.6 Å². The van der Waals surface area contributed by atoms with Gasteiger partial charge in [-0.3, -0.25) is 0 Å². The van der Waals surface area contributed by atoms with Crippen molar-refractivity contribution in [3.8, 4) is 0 Å². The van der Waals surface area contributed by atoms with Crippen LogP contribution in [0.15, 0.2) is 0 Å². The summed E-state index contributed by atoms with van der Waals surface area (Å²) in [5.41, 5.74) is 0. The van der Waals surface area contributed by atoms with Crippen molar-refractivity contribution in [2.24, 2.45) is 11.8 Å². The van der Waals surface area contributed by atoms with E-state index < -0.39 is 0 Å². The molecule has 2 fully saturated rings. The van der Waals surface area contributed by atoms with E-state index in [9.17, 15) is 0 Å². The van der Waals surface area contributed by atoms with Crippen LogP contribution < -0.4 is 0 Å². The molecule has 3 unspecified atom stereocenters. The normalized spacial score (nSPS) is 38.8. The second-order valence-corrected chi connectivity index (χ2v) is 6.37. The average Bonchev–Trinajstić information content (AvgIpc) is 2.25. The molecule has 1 aliphatic carbocycles. The zero-order valence-corrected chi connectivity index (χ0v) is 11.4. The molecule has 2 nitrogen and oxygen atoms in total. The van der Waals surface area contributed by atoms with E-state index in [2.05, 4.69) is 23.8 Å². The monoisotopic (exact) mass is 244 g/mol. The summed E-state index contributed by atoms with van der Waals surface area (Å²) in [6.07, 6.45) is 3.78. The van der Waals surface area contributed by atoms with E-state index in [4.69, 9.17) is 11.6 Å². The Labute approximate surface area is 105 Å². The van der Waals surface area contributed by atoms with Crippen molar-refractivity contribution in [3.63, 3.8) is 0 Å². The quantitative estimate of drug-likeness (QED) is 0.688. The molecule has 0 radical (unpaired) electrons. The highest BCUT2D eigenvalue weighted by atomic mass is 35.5. The summed E-state index contributed by atoms with van der Waals surface area (Å²) in [6, 6.07) is 0. The lowest BCUT2D eigenvalue weighted by Crippen LogP contribution is -2.47. The first-order chi connectivity index (χ1) is 7.65. The molecule has 1 aliphatic heterocycles. The summed E-state index contributed by atoms with van der Waals surface area (Å²) in [5.74, 6) is 1.70. The van der Waals surface area contributed by atoms with E-state index in [0.29, 0.717) is 5.38 Å². The Morgan fingerprint density at radius 1 is 1.12 bits per heavy atom. The molecule has 94 valence electrons. The van der Waals surface area contributed by atoms with Gasteiger partial charge in [0.2, 0.25) is 0 Å². The van der Waals surface area contributed by atoms with E-state index >= 15 is 0 Å². The zero-order chi connectivity index (χ0) is 11.5. The molecular weight excluding hydrogens is 220 g/mol. The summed E-state index contributed by atoms with van der Waals surface area (Å²) in [6.45, 7) is 8.67. The first kappa shape index (κ1) is 12.7. The van der Waals surface area contributed by atoms with Crippen LogP contribution in [0.4, 0.5) is 0 Å². The van der Waals surface area contributed by atoms with Crippen molar-refractivity contribution in [1.29, 1.82) is 0 Å². The highest BCUT2D eigenvalue weighted by Gasteiger charge is 2.28. The molecule has 0 aromatic rings. The summed E-state index contributed by atoms with van der Waals surface area (Å²) in [4.78, 5) is 5.07. The van der Waals surface area contributed by atoms with E-state index in [0.717, 1.165) is 11.8 Å². The third kappa shape index (κ3) is 3.35. The van der Waals surface area contributed by atoms with Gasteiger partial charge in [-0.15, -0.1) is 11.6 Å². The van der Waals surface area contributed by atoms with Crippen LogP contribution in [0.3, 0.4) is 0 Å². The molecule has 3 atom stereocenters. The van der Waals surface area contributed by atoms with Gasteiger partial charge < -0.3 is 9.80 Å². The smallest absolute Gasteiger partial charge is 0.0338 e. The first-order valence-corrected chi connectivity index (χ1v) is 7.13. The number of nitrogens with zero attached hydrogens (tertiary/aromatic N) is 2.